The van der Waals surface area contributed by atoms with Gasteiger partial charge in [0.1, 0.15) is 0 Å². The molecule has 0 amide bonds. The van der Waals surface area contributed by atoms with Gasteiger partial charge in [0.05, 0.1) is 0 Å². The predicted octanol–water partition coefficient (Wildman–Crippen LogP) is 2.77. The first-order chi connectivity index (χ1) is 4.83. The van der Waals surface area contributed by atoms with Gasteiger partial charge in [-0.15, -0.1) is 0 Å². The van der Waals surface area contributed by atoms with Gasteiger partial charge in [0.2, 0.25) is 0 Å². The minimum atomic E-state index is 0. The summed E-state index contributed by atoms with van der Waals surface area (Å²) in [5.74, 6) is 2.39. The van der Waals surface area contributed by atoms with Crippen LogP contribution in [-0.4, -0.2) is 47.1 Å². The van der Waals surface area contributed by atoms with Crippen molar-refractivity contribution in [1.29, 1.82) is 0 Å². The van der Waals surface area contributed by atoms with Crippen molar-refractivity contribution >= 4 is 46.6 Å². The zero-order valence-electron chi connectivity index (χ0n) is 7.77. The van der Waals surface area contributed by atoms with Gasteiger partial charge in [0, 0.05) is 0 Å². The van der Waals surface area contributed by atoms with Crippen molar-refractivity contribution in [1.82, 2.24) is 0 Å². The van der Waals surface area contributed by atoms with E-state index in [1.807, 2.05) is 23.5 Å². The monoisotopic (exact) mass is 202 g/mol. The minimum Gasteiger partial charge on any atom is -0.343 e. The molecule has 0 N–H and O–H groups in total. The van der Waals surface area contributed by atoms with Crippen LogP contribution >= 0.6 is 23.5 Å². The molecule has 0 saturated heterocycles. The molecule has 0 atom stereocenters. The van der Waals surface area contributed by atoms with Crippen LogP contribution < -0.4 is 0 Å². The van der Waals surface area contributed by atoms with E-state index in [0.717, 1.165) is 12.8 Å². The summed E-state index contributed by atoms with van der Waals surface area (Å²) in [6.45, 7) is 7.31. The van der Waals surface area contributed by atoms with Crippen LogP contribution in [0.4, 0.5) is 0 Å². The second-order valence-electron chi connectivity index (χ2n) is 1.69. The zero-order valence-corrected chi connectivity index (χ0v) is 10.8. The summed E-state index contributed by atoms with van der Waals surface area (Å²) in [4.78, 5) is 0. The first-order valence-corrected chi connectivity index (χ1v) is 6.18. The normalized spacial score (nSPS) is 7.64. The molecule has 0 bridgehead atoms. The Labute approximate surface area is 96.8 Å². The van der Waals surface area contributed by atoms with Crippen LogP contribution in [0, 0.1) is 13.8 Å². The predicted molar refractivity (Wildman–Crippen MR) is 62.5 cm³/mol. The molecule has 0 unspecified atom stereocenters. The topological polar surface area (TPSA) is 0 Å². The molecule has 0 aromatic heterocycles. The fourth-order valence-corrected chi connectivity index (χ4v) is 0.866. The van der Waals surface area contributed by atoms with Gasteiger partial charge in [-0.3, -0.25) is 0 Å². The SMILES string of the molecule is [CH2-]CCSC.[CH2-]CCSC.[Mg+2]. The molecule has 0 aliphatic heterocycles. The molecule has 0 fully saturated rings. The Morgan fingerprint density at radius 2 is 1.18 bits per heavy atom. The average molecular weight is 203 g/mol. The third kappa shape index (κ3) is 34.4. The van der Waals surface area contributed by atoms with Gasteiger partial charge in [-0.05, 0) is 24.0 Å². The van der Waals surface area contributed by atoms with Gasteiger partial charge in [-0.1, -0.05) is 0 Å². The van der Waals surface area contributed by atoms with Crippen molar-refractivity contribution in [2.75, 3.05) is 24.0 Å². The maximum absolute atomic E-state index is 3.65. The number of hydrogen-bond donors (Lipinski definition) is 0. The third-order valence-corrected chi connectivity index (χ3v) is 2.09. The quantitative estimate of drug-likeness (QED) is 0.508. The average Bonchev–Trinajstić information content (AvgIpc) is 1.93. The molecule has 0 aromatic carbocycles. The van der Waals surface area contributed by atoms with Crippen LogP contribution in [0.15, 0.2) is 0 Å². The first kappa shape index (κ1) is 18.3. The molecule has 0 nitrogen and oxygen atoms in total. The maximum Gasteiger partial charge on any atom is 2.00 e. The molecule has 0 spiro atoms. The van der Waals surface area contributed by atoms with Gasteiger partial charge >= 0.3 is 23.1 Å². The zero-order chi connectivity index (χ0) is 8.24. The van der Waals surface area contributed by atoms with Crippen LogP contribution in [0.1, 0.15) is 12.8 Å². The van der Waals surface area contributed by atoms with E-state index < -0.39 is 0 Å². The van der Waals surface area contributed by atoms with E-state index >= 15 is 0 Å². The van der Waals surface area contributed by atoms with Crippen molar-refractivity contribution in [3.8, 4) is 0 Å². The molecular weight excluding hydrogens is 185 g/mol. The van der Waals surface area contributed by atoms with Crippen molar-refractivity contribution in [3.63, 3.8) is 0 Å². The summed E-state index contributed by atoms with van der Waals surface area (Å²) < 4.78 is 0. The Bertz CT molecular complexity index is 33.1. The van der Waals surface area contributed by atoms with E-state index in [9.17, 15) is 0 Å². The molecule has 3 heteroatoms. The molecule has 0 aliphatic rings. The Kier molecular flexibility index (Phi) is 37.5. The van der Waals surface area contributed by atoms with Crippen LogP contribution in [0.25, 0.3) is 0 Å². The Hall–Kier alpha value is 1.47. The Morgan fingerprint density at radius 1 is 0.909 bits per heavy atom. The standard InChI is InChI=1S/2C4H9S.Mg/c2*1-3-4-5-2;/h2*1,3-4H2,2H3;/q2*-1;+2. The van der Waals surface area contributed by atoms with E-state index in [2.05, 4.69) is 26.4 Å². The van der Waals surface area contributed by atoms with Crippen molar-refractivity contribution in [2.24, 2.45) is 0 Å². The van der Waals surface area contributed by atoms with Gasteiger partial charge in [-0.2, -0.15) is 36.4 Å². The van der Waals surface area contributed by atoms with Crippen molar-refractivity contribution in [2.45, 2.75) is 12.8 Å². The Morgan fingerprint density at radius 3 is 1.18 bits per heavy atom. The third-order valence-electron chi connectivity index (χ3n) is 0.697. The fraction of sp³-hybridized carbons (Fsp3) is 0.750. The van der Waals surface area contributed by atoms with E-state index in [4.69, 9.17) is 0 Å². The summed E-state index contributed by atoms with van der Waals surface area (Å²) in [6.07, 6.45) is 6.29. The largest absolute Gasteiger partial charge is 2.00 e. The summed E-state index contributed by atoms with van der Waals surface area (Å²) >= 11 is 3.68. The molecule has 0 aliphatic carbocycles. The summed E-state index contributed by atoms with van der Waals surface area (Å²) in [5.41, 5.74) is 0. The van der Waals surface area contributed by atoms with Crippen LogP contribution in [0.2, 0.25) is 0 Å². The van der Waals surface area contributed by atoms with E-state index in [1.54, 1.807) is 0 Å². The summed E-state index contributed by atoms with van der Waals surface area (Å²) in [7, 11) is 0. The first-order valence-electron chi connectivity index (χ1n) is 3.39. The summed E-state index contributed by atoms with van der Waals surface area (Å²) in [6, 6.07) is 0. The molecule has 64 valence electrons. The number of rotatable bonds is 4. The summed E-state index contributed by atoms with van der Waals surface area (Å²) in [5, 5.41) is 0. The molecule has 0 aromatic rings. The molecule has 0 rings (SSSR count). The molecule has 0 saturated carbocycles. The van der Waals surface area contributed by atoms with Crippen molar-refractivity contribution in [3.05, 3.63) is 13.8 Å². The van der Waals surface area contributed by atoms with Crippen LogP contribution in [0.3, 0.4) is 0 Å². The number of thioether (sulfide) groups is 2. The smallest absolute Gasteiger partial charge is 0.343 e. The van der Waals surface area contributed by atoms with E-state index in [1.165, 1.54) is 11.5 Å². The number of hydrogen-bond acceptors (Lipinski definition) is 2. The molecule has 0 radical (unpaired) electrons. The van der Waals surface area contributed by atoms with Gasteiger partial charge in [0.25, 0.3) is 0 Å². The van der Waals surface area contributed by atoms with Crippen LogP contribution in [-0.2, 0) is 0 Å². The van der Waals surface area contributed by atoms with E-state index in [0.29, 0.717) is 0 Å². The second-order valence-corrected chi connectivity index (χ2v) is 3.66. The molecular formula is C8H18MgS2. The second kappa shape index (κ2) is 22.5. The Balaban J connectivity index is -0.000000107. The van der Waals surface area contributed by atoms with Gasteiger partial charge in [0.15, 0.2) is 0 Å². The fourth-order valence-electron chi connectivity index (χ4n) is 0.289. The van der Waals surface area contributed by atoms with Gasteiger partial charge < -0.3 is 13.8 Å². The van der Waals surface area contributed by atoms with E-state index in [-0.39, 0.29) is 23.1 Å². The minimum absolute atomic E-state index is 0. The van der Waals surface area contributed by atoms with Crippen molar-refractivity contribution < 1.29 is 0 Å². The molecule has 0 heterocycles. The van der Waals surface area contributed by atoms with Crippen LogP contribution in [0.5, 0.6) is 0 Å². The van der Waals surface area contributed by atoms with Gasteiger partial charge in [-0.25, -0.2) is 0 Å². The maximum atomic E-state index is 3.65. The molecule has 11 heavy (non-hydrogen) atoms.